The molecule has 0 spiro atoms. The highest BCUT2D eigenvalue weighted by atomic mass is 16.3. The SMILES string of the molecule is CC(C)O.CCCC(C)C.CCN(CC)CC. The molecule has 0 radical (unpaired) electrons. The average Bonchev–Trinajstić information content (AvgIpc) is 2.20. The Bertz CT molecular complexity index is 101. The summed E-state index contributed by atoms with van der Waals surface area (Å²) < 4.78 is 0. The summed E-state index contributed by atoms with van der Waals surface area (Å²) in [6.07, 6.45) is 2.54. The van der Waals surface area contributed by atoms with Gasteiger partial charge >= 0.3 is 0 Å². The fourth-order valence-corrected chi connectivity index (χ4v) is 1.25. The van der Waals surface area contributed by atoms with Gasteiger partial charge in [-0.1, -0.05) is 54.4 Å². The van der Waals surface area contributed by atoms with Crippen molar-refractivity contribution in [2.75, 3.05) is 19.6 Å². The van der Waals surface area contributed by atoms with Crippen LogP contribution in [0.1, 0.15) is 68.2 Å². The maximum Gasteiger partial charge on any atom is 0.0483 e. The standard InChI is InChI=1S/C6H15N.C6H14.C3H8O/c1-4-7(5-2)6-3;1-4-5-6(2)3;1-3(2)4/h4-6H2,1-3H3;6H,4-5H2,1-3H3;3-4H,1-2H3. The van der Waals surface area contributed by atoms with Crippen LogP contribution in [0.4, 0.5) is 0 Å². The Morgan fingerprint density at radius 3 is 1.12 bits per heavy atom. The van der Waals surface area contributed by atoms with Gasteiger partial charge in [0.25, 0.3) is 0 Å². The highest BCUT2D eigenvalue weighted by molar-refractivity contribution is 4.43. The second-order valence-electron chi connectivity index (χ2n) is 4.90. The van der Waals surface area contributed by atoms with Crippen LogP contribution in [0.3, 0.4) is 0 Å². The lowest BCUT2D eigenvalue weighted by Gasteiger charge is -2.13. The number of hydrogen-bond donors (Lipinski definition) is 1. The van der Waals surface area contributed by atoms with Gasteiger partial charge in [-0.25, -0.2) is 0 Å². The van der Waals surface area contributed by atoms with Gasteiger partial charge in [0, 0.05) is 6.10 Å². The third kappa shape index (κ3) is 38.8. The Balaban J connectivity index is -0.000000180. The largest absolute Gasteiger partial charge is 0.394 e. The molecule has 2 nitrogen and oxygen atoms in total. The van der Waals surface area contributed by atoms with Crippen molar-refractivity contribution in [3.05, 3.63) is 0 Å². The van der Waals surface area contributed by atoms with E-state index in [1.54, 1.807) is 13.8 Å². The molecule has 0 aliphatic carbocycles. The molecular formula is C15H37NO. The summed E-state index contributed by atoms with van der Waals surface area (Å²) in [5.74, 6) is 0.898. The molecule has 0 rings (SSSR count). The van der Waals surface area contributed by atoms with Crippen LogP contribution in [0.5, 0.6) is 0 Å². The predicted molar refractivity (Wildman–Crippen MR) is 80.6 cm³/mol. The molecule has 0 saturated heterocycles. The fourth-order valence-electron chi connectivity index (χ4n) is 1.25. The first-order valence-electron chi connectivity index (χ1n) is 7.25. The van der Waals surface area contributed by atoms with Crippen LogP contribution in [0.15, 0.2) is 0 Å². The summed E-state index contributed by atoms with van der Waals surface area (Å²) in [4.78, 5) is 2.38. The molecule has 0 atom stereocenters. The number of aliphatic hydroxyl groups excluding tert-OH is 1. The van der Waals surface area contributed by atoms with Gasteiger partial charge < -0.3 is 10.0 Å². The van der Waals surface area contributed by atoms with Crippen molar-refractivity contribution in [1.29, 1.82) is 0 Å². The summed E-state index contributed by atoms with van der Waals surface area (Å²) >= 11 is 0. The van der Waals surface area contributed by atoms with Gasteiger partial charge in [0.05, 0.1) is 0 Å². The van der Waals surface area contributed by atoms with Crippen LogP contribution in [0.2, 0.25) is 0 Å². The van der Waals surface area contributed by atoms with Gasteiger partial charge in [0.2, 0.25) is 0 Å². The second-order valence-corrected chi connectivity index (χ2v) is 4.90. The van der Waals surface area contributed by atoms with Crippen molar-refractivity contribution < 1.29 is 5.11 Å². The van der Waals surface area contributed by atoms with Gasteiger partial charge in [0.15, 0.2) is 0 Å². The van der Waals surface area contributed by atoms with Crippen molar-refractivity contribution in [3.63, 3.8) is 0 Å². The van der Waals surface area contributed by atoms with Crippen molar-refractivity contribution in [2.45, 2.75) is 74.3 Å². The monoisotopic (exact) mass is 247 g/mol. The molecule has 2 heteroatoms. The molecule has 0 amide bonds. The summed E-state index contributed by atoms with van der Waals surface area (Å²) in [7, 11) is 0. The summed E-state index contributed by atoms with van der Waals surface area (Å²) in [5, 5.41) is 8.06. The van der Waals surface area contributed by atoms with Crippen LogP contribution in [0, 0.1) is 5.92 Å². The van der Waals surface area contributed by atoms with E-state index in [4.69, 9.17) is 5.11 Å². The normalized spacial score (nSPS) is 9.88. The lowest BCUT2D eigenvalue weighted by molar-refractivity contribution is 0.216. The molecule has 0 fully saturated rings. The van der Waals surface area contributed by atoms with E-state index in [2.05, 4.69) is 46.4 Å². The van der Waals surface area contributed by atoms with Crippen molar-refractivity contribution in [2.24, 2.45) is 5.92 Å². The van der Waals surface area contributed by atoms with E-state index in [0.717, 1.165) is 5.92 Å². The van der Waals surface area contributed by atoms with Gasteiger partial charge in [-0.15, -0.1) is 0 Å². The topological polar surface area (TPSA) is 23.5 Å². The highest BCUT2D eigenvalue weighted by Gasteiger charge is 1.89. The first-order valence-corrected chi connectivity index (χ1v) is 7.25. The number of aliphatic hydroxyl groups is 1. The van der Waals surface area contributed by atoms with E-state index in [1.165, 1.54) is 32.5 Å². The average molecular weight is 247 g/mol. The Hall–Kier alpha value is -0.0800. The summed E-state index contributed by atoms with van der Waals surface area (Å²) in [5.41, 5.74) is 0. The Morgan fingerprint density at radius 2 is 1.12 bits per heavy atom. The Labute approximate surface area is 110 Å². The quantitative estimate of drug-likeness (QED) is 0.788. The van der Waals surface area contributed by atoms with Crippen molar-refractivity contribution in [3.8, 4) is 0 Å². The predicted octanol–water partition coefficient (Wildman–Crippen LogP) is 4.18. The van der Waals surface area contributed by atoms with E-state index in [0.29, 0.717) is 0 Å². The minimum Gasteiger partial charge on any atom is -0.394 e. The molecule has 0 heterocycles. The van der Waals surface area contributed by atoms with Crippen LogP contribution in [0.25, 0.3) is 0 Å². The maximum absolute atomic E-state index is 8.06. The molecule has 17 heavy (non-hydrogen) atoms. The van der Waals surface area contributed by atoms with Crippen LogP contribution in [-0.4, -0.2) is 35.7 Å². The zero-order valence-electron chi connectivity index (χ0n) is 13.6. The molecule has 0 aromatic rings. The van der Waals surface area contributed by atoms with Crippen LogP contribution in [-0.2, 0) is 0 Å². The highest BCUT2D eigenvalue weighted by Crippen LogP contribution is 2.00. The number of nitrogens with zero attached hydrogens (tertiary/aromatic N) is 1. The Morgan fingerprint density at radius 1 is 0.824 bits per heavy atom. The van der Waals surface area contributed by atoms with E-state index >= 15 is 0 Å². The van der Waals surface area contributed by atoms with Gasteiger partial charge in [0.1, 0.15) is 0 Å². The molecule has 1 N–H and O–H groups in total. The number of hydrogen-bond acceptors (Lipinski definition) is 2. The van der Waals surface area contributed by atoms with E-state index in [9.17, 15) is 0 Å². The maximum atomic E-state index is 8.06. The number of rotatable bonds is 5. The molecule has 0 aliphatic rings. The van der Waals surface area contributed by atoms with Crippen LogP contribution >= 0.6 is 0 Å². The first-order chi connectivity index (χ1) is 7.85. The molecular weight excluding hydrogens is 210 g/mol. The van der Waals surface area contributed by atoms with Gasteiger partial charge in [-0.05, 0) is 39.4 Å². The molecule has 0 aromatic carbocycles. The van der Waals surface area contributed by atoms with Crippen molar-refractivity contribution >= 4 is 0 Å². The summed E-state index contributed by atoms with van der Waals surface area (Å²) in [6.45, 7) is 20.3. The second kappa shape index (κ2) is 18.3. The molecule has 0 unspecified atom stereocenters. The zero-order chi connectivity index (χ0) is 14.3. The Kier molecular flexibility index (Phi) is 23.8. The first kappa shape index (κ1) is 22.1. The van der Waals surface area contributed by atoms with Gasteiger partial charge in [-0.2, -0.15) is 0 Å². The van der Waals surface area contributed by atoms with E-state index < -0.39 is 0 Å². The van der Waals surface area contributed by atoms with E-state index in [1.807, 2.05) is 0 Å². The third-order valence-corrected chi connectivity index (χ3v) is 2.21. The zero-order valence-corrected chi connectivity index (χ0v) is 13.6. The van der Waals surface area contributed by atoms with Crippen LogP contribution < -0.4 is 0 Å². The van der Waals surface area contributed by atoms with Gasteiger partial charge in [-0.3, -0.25) is 0 Å². The minimum atomic E-state index is -0.167. The summed E-state index contributed by atoms with van der Waals surface area (Å²) in [6, 6.07) is 0. The lowest BCUT2D eigenvalue weighted by atomic mass is 10.1. The fraction of sp³-hybridized carbons (Fsp3) is 1.00. The van der Waals surface area contributed by atoms with E-state index in [-0.39, 0.29) is 6.10 Å². The molecule has 108 valence electrons. The van der Waals surface area contributed by atoms with Crippen molar-refractivity contribution in [1.82, 2.24) is 4.90 Å². The lowest BCUT2D eigenvalue weighted by Crippen LogP contribution is -2.21. The smallest absolute Gasteiger partial charge is 0.0483 e. The molecule has 0 saturated carbocycles. The minimum absolute atomic E-state index is 0.167. The third-order valence-electron chi connectivity index (χ3n) is 2.21. The molecule has 0 aliphatic heterocycles. The molecule has 0 aromatic heterocycles. The molecule has 0 bridgehead atoms.